The van der Waals surface area contributed by atoms with Crippen molar-refractivity contribution in [3.63, 3.8) is 0 Å². The first-order valence-electron chi connectivity index (χ1n) is 10.1. The van der Waals surface area contributed by atoms with Gasteiger partial charge in [-0.15, -0.1) is 4.91 Å². The summed E-state index contributed by atoms with van der Waals surface area (Å²) in [5, 5.41) is 14.0. The molecule has 0 radical (unpaired) electrons. The van der Waals surface area contributed by atoms with Crippen LogP contribution in [0, 0.1) is 10.8 Å². The molecule has 7 heteroatoms. The predicted octanol–water partition coefficient (Wildman–Crippen LogP) is 7.23. The van der Waals surface area contributed by atoms with Gasteiger partial charge in [0.15, 0.2) is 0 Å². The first kappa shape index (κ1) is 24.0. The van der Waals surface area contributed by atoms with Crippen LogP contribution in [-0.4, -0.2) is 25.2 Å². The summed E-state index contributed by atoms with van der Waals surface area (Å²) >= 11 is 1.87. The Kier molecular flexibility index (Phi) is 8.99. The van der Waals surface area contributed by atoms with Crippen LogP contribution in [0.2, 0.25) is 0 Å². The Labute approximate surface area is 183 Å². The van der Waals surface area contributed by atoms with Crippen LogP contribution < -0.4 is 15.0 Å². The number of hydrogen-bond acceptors (Lipinski definition) is 7. The third-order valence-electron chi connectivity index (χ3n) is 4.95. The van der Waals surface area contributed by atoms with Crippen molar-refractivity contribution in [3.8, 4) is 11.5 Å². The van der Waals surface area contributed by atoms with Crippen molar-refractivity contribution < 1.29 is 14.7 Å². The summed E-state index contributed by atoms with van der Waals surface area (Å²) < 4.78 is 11.5. The summed E-state index contributed by atoms with van der Waals surface area (Å²) in [7, 11) is 3.17. The Bertz CT molecular complexity index is 908. The molecule has 2 aromatic carbocycles. The van der Waals surface area contributed by atoms with Gasteiger partial charge in [-0.05, 0) is 61.7 Å². The monoisotopic (exact) mass is 432 g/mol. The molecule has 0 aliphatic rings. The Balaban J connectivity index is 2.75. The number of allylic oxidation sites excluding steroid dienone is 2. The van der Waals surface area contributed by atoms with Crippen LogP contribution in [0.15, 0.2) is 35.0 Å². The molecule has 0 unspecified atom stereocenters. The number of ether oxygens (including phenoxy) is 2. The van der Waals surface area contributed by atoms with E-state index in [2.05, 4.69) is 44.4 Å². The van der Waals surface area contributed by atoms with Crippen LogP contribution in [-0.2, 0) is 0 Å². The topological polar surface area (TPSA) is 80.2 Å². The molecule has 2 aromatic rings. The van der Waals surface area contributed by atoms with Crippen LogP contribution in [0.25, 0.3) is 10.8 Å². The highest BCUT2D eigenvalue weighted by Gasteiger charge is 2.25. The number of nitrogens with zero attached hydrogens (tertiary/aromatic N) is 1. The van der Waals surface area contributed by atoms with E-state index in [4.69, 9.17) is 9.47 Å². The van der Waals surface area contributed by atoms with Crippen LogP contribution in [0.1, 0.15) is 51.3 Å². The second kappa shape index (κ2) is 11.2. The van der Waals surface area contributed by atoms with E-state index in [1.165, 1.54) is 5.57 Å². The van der Waals surface area contributed by atoms with Gasteiger partial charge < -0.3 is 9.47 Å². The maximum atomic E-state index is 11.6. The maximum absolute atomic E-state index is 11.6. The molecule has 0 aliphatic heterocycles. The molecular formula is C23H32N2O4S. The minimum absolute atomic E-state index is 0.122. The summed E-state index contributed by atoms with van der Waals surface area (Å²) in [6, 6.07) is 5.11. The van der Waals surface area contributed by atoms with Gasteiger partial charge in [-0.25, -0.2) is 0 Å². The second-order valence-corrected chi connectivity index (χ2v) is 9.16. The summed E-state index contributed by atoms with van der Waals surface area (Å²) in [5.74, 6) is 2.77. The number of hydrogen-bond donors (Lipinski definition) is 2. The SMILES string of the molecule is COc1cc([C@@H](CC=C(C)C)SCCC(C)C)c(OC)c2c(N=O)ccc(NO)c12. The van der Waals surface area contributed by atoms with Gasteiger partial charge in [-0.3, -0.25) is 10.7 Å². The van der Waals surface area contributed by atoms with Crippen molar-refractivity contribution in [2.45, 2.75) is 45.8 Å². The van der Waals surface area contributed by atoms with Crippen LogP contribution >= 0.6 is 11.8 Å². The van der Waals surface area contributed by atoms with Gasteiger partial charge in [0.05, 0.1) is 30.7 Å². The second-order valence-electron chi connectivity index (χ2n) is 7.85. The first-order valence-corrected chi connectivity index (χ1v) is 11.1. The van der Waals surface area contributed by atoms with Gasteiger partial charge in [0.1, 0.15) is 17.2 Å². The number of nitrogens with one attached hydrogen (secondary N) is 1. The largest absolute Gasteiger partial charge is 0.496 e. The molecule has 0 saturated carbocycles. The number of methoxy groups -OCH3 is 2. The number of benzene rings is 2. The summed E-state index contributed by atoms with van der Waals surface area (Å²) in [6.45, 7) is 8.61. The molecule has 6 nitrogen and oxygen atoms in total. The summed E-state index contributed by atoms with van der Waals surface area (Å²) in [6.07, 6.45) is 4.16. The Morgan fingerprint density at radius 3 is 2.50 bits per heavy atom. The molecule has 0 amide bonds. The average molecular weight is 433 g/mol. The highest BCUT2D eigenvalue weighted by molar-refractivity contribution is 7.99. The minimum atomic E-state index is 0.122. The lowest BCUT2D eigenvalue weighted by Gasteiger charge is -2.23. The molecule has 30 heavy (non-hydrogen) atoms. The molecule has 0 bridgehead atoms. The zero-order valence-electron chi connectivity index (χ0n) is 18.6. The van der Waals surface area contributed by atoms with E-state index in [1.807, 2.05) is 17.8 Å². The molecule has 2 N–H and O–H groups in total. The van der Waals surface area contributed by atoms with Crippen LogP contribution in [0.5, 0.6) is 11.5 Å². The van der Waals surface area contributed by atoms with E-state index in [-0.39, 0.29) is 10.9 Å². The van der Waals surface area contributed by atoms with E-state index < -0.39 is 0 Å². The molecule has 0 aliphatic carbocycles. The molecule has 164 valence electrons. The molecule has 0 fully saturated rings. The van der Waals surface area contributed by atoms with Gasteiger partial charge in [-0.1, -0.05) is 25.5 Å². The average Bonchev–Trinajstić information content (AvgIpc) is 2.73. The van der Waals surface area contributed by atoms with Crippen molar-refractivity contribution in [1.82, 2.24) is 0 Å². The normalized spacial score (nSPS) is 12.0. The van der Waals surface area contributed by atoms with E-state index in [9.17, 15) is 10.1 Å². The standard InChI is InChI=1S/C23H32N2O4S/c1-14(2)7-10-20(30-12-11-15(3)4)16-13-19(28-5)21-17(24-26)8-9-18(25-27)22(21)23(16)29-6/h7-9,13,15,20,24,26H,10-12H2,1-6H3/t20-/m1/s1. The van der Waals surface area contributed by atoms with Gasteiger partial charge >= 0.3 is 0 Å². The third-order valence-corrected chi connectivity index (χ3v) is 6.27. The molecule has 1 atom stereocenters. The van der Waals surface area contributed by atoms with Gasteiger partial charge in [0.2, 0.25) is 0 Å². The van der Waals surface area contributed by atoms with Gasteiger partial charge in [0.25, 0.3) is 0 Å². The van der Waals surface area contributed by atoms with Crippen molar-refractivity contribution in [1.29, 1.82) is 0 Å². The van der Waals surface area contributed by atoms with E-state index in [0.717, 1.165) is 24.2 Å². The first-order chi connectivity index (χ1) is 14.4. The highest BCUT2D eigenvalue weighted by Crippen LogP contribution is 2.50. The summed E-state index contributed by atoms with van der Waals surface area (Å²) in [5.41, 5.74) is 5.06. The molecule has 0 heterocycles. The van der Waals surface area contributed by atoms with Gasteiger partial charge in [0, 0.05) is 10.8 Å². The van der Waals surface area contributed by atoms with Crippen LogP contribution in [0.4, 0.5) is 11.4 Å². The van der Waals surface area contributed by atoms with E-state index >= 15 is 0 Å². The van der Waals surface area contributed by atoms with Crippen molar-refractivity contribution in [2.24, 2.45) is 11.1 Å². The van der Waals surface area contributed by atoms with Crippen LogP contribution in [0.3, 0.4) is 0 Å². The zero-order chi connectivity index (χ0) is 22.3. The quantitative estimate of drug-likeness (QED) is 0.221. The maximum Gasteiger partial charge on any atom is 0.133 e. The molecular weight excluding hydrogens is 400 g/mol. The number of rotatable bonds is 11. The fraction of sp³-hybridized carbons (Fsp3) is 0.478. The summed E-state index contributed by atoms with van der Waals surface area (Å²) in [4.78, 5) is 11.6. The Hall–Kier alpha value is -2.25. The molecule has 0 aromatic heterocycles. The lowest BCUT2D eigenvalue weighted by Crippen LogP contribution is -2.03. The minimum Gasteiger partial charge on any atom is -0.496 e. The number of fused-ring (bicyclic) bond motifs is 1. The smallest absolute Gasteiger partial charge is 0.133 e. The van der Waals surface area contributed by atoms with Crippen molar-refractivity contribution in [3.05, 3.63) is 40.3 Å². The highest BCUT2D eigenvalue weighted by atomic mass is 32.2. The Morgan fingerprint density at radius 2 is 1.97 bits per heavy atom. The van der Waals surface area contributed by atoms with Gasteiger partial charge in [-0.2, -0.15) is 11.8 Å². The zero-order valence-corrected chi connectivity index (χ0v) is 19.4. The number of anilines is 1. The predicted molar refractivity (Wildman–Crippen MR) is 127 cm³/mol. The third kappa shape index (κ3) is 5.46. The van der Waals surface area contributed by atoms with Crippen molar-refractivity contribution in [2.75, 3.05) is 25.5 Å². The molecule has 0 spiro atoms. The Morgan fingerprint density at radius 1 is 1.23 bits per heavy atom. The fourth-order valence-corrected chi connectivity index (χ4v) is 4.84. The van der Waals surface area contributed by atoms with E-state index in [0.29, 0.717) is 33.9 Å². The number of thioether (sulfide) groups is 1. The van der Waals surface area contributed by atoms with Crippen molar-refractivity contribution >= 4 is 33.9 Å². The molecule has 0 saturated heterocycles. The van der Waals surface area contributed by atoms with E-state index in [1.54, 1.807) is 26.4 Å². The lowest BCUT2D eigenvalue weighted by molar-refractivity contribution is 0.388. The lowest BCUT2D eigenvalue weighted by atomic mass is 9.97. The number of nitroso groups, excluding NO2 is 1. The fourth-order valence-electron chi connectivity index (χ4n) is 3.36. The molecule has 2 rings (SSSR count).